The minimum Gasteiger partial charge on any atom is -0.378 e. The van der Waals surface area contributed by atoms with E-state index in [0.717, 1.165) is 60.2 Å². The van der Waals surface area contributed by atoms with Crippen LogP contribution < -0.4 is 10.2 Å². The Labute approximate surface area is 175 Å². The molecule has 6 nitrogen and oxygen atoms in total. The molecule has 1 fully saturated rings. The standard InChI is InChI=1S/C22H26N4O2S/c1-25-16-17(15-24-25)6-5-9-23-21(27)20-14-19(18-7-3-2-4-8-18)22(29-20)26-10-12-28-13-11-26/h2-4,7-8,14-16H,5-6,9-13H2,1H3,(H,23,27). The fraction of sp³-hybridized carbons (Fsp3) is 0.364. The highest BCUT2D eigenvalue weighted by Gasteiger charge is 2.21. The number of nitrogens with zero attached hydrogens (tertiary/aromatic N) is 3. The zero-order chi connectivity index (χ0) is 20.1. The number of morpholine rings is 1. The average molecular weight is 411 g/mol. The first kappa shape index (κ1) is 19.7. The molecule has 0 spiro atoms. The third-order valence-corrected chi connectivity index (χ3v) is 6.20. The van der Waals surface area contributed by atoms with Crippen molar-refractivity contribution in [3.05, 3.63) is 59.2 Å². The monoisotopic (exact) mass is 410 g/mol. The Hall–Kier alpha value is -2.64. The summed E-state index contributed by atoms with van der Waals surface area (Å²) in [7, 11) is 1.92. The third kappa shape index (κ3) is 4.86. The largest absolute Gasteiger partial charge is 0.378 e. The molecule has 0 aliphatic carbocycles. The molecule has 4 rings (SSSR count). The Bertz CT molecular complexity index is 945. The molecule has 0 saturated carbocycles. The van der Waals surface area contributed by atoms with Gasteiger partial charge in [0.25, 0.3) is 5.91 Å². The zero-order valence-electron chi connectivity index (χ0n) is 16.6. The lowest BCUT2D eigenvalue weighted by Crippen LogP contribution is -2.35. The van der Waals surface area contributed by atoms with E-state index in [9.17, 15) is 4.79 Å². The van der Waals surface area contributed by atoms with Crippen molar-refractivity contribution in [1.29, 1.82) is 0 Å². The van der Waals surface area contributed by atoms with Crippen molar-refractivity contribution in [2.24, 2.45) is 7.05 Å². The maximum Gasteiger partial charge on any atom is 0.261 e. The zero-order valence-corrected chi connectivity index (χ0v) is 17.5. The Morgan fingerprint density at radius 2 is 2.03 bits per heavy atom. The number of benzene rings is 1. The number of hydrogen-bond acceptors (Lipinski definition) is 5. The van der Waals surface area contributed by atoms with E-state index in [2.05, 4.69) is 27.4 Å². The second kappa shape index (κ2) is 9.24. The van der Waals surface area contributed by atoms with Crippen LogP contribution in [0, 0.1) is 0 Å². The predicted molar refractivity (Wildman–Crippen MR) is 117 cm³/mol. The topological polar surface area (TPSA) is 59.4 Å². The van der Waals surface area contributed by atoms with Crippen molar-refractivity contribution >= 4 is 22.2 Å². The number of thiophene rings is 1. The van der Waals surface area contributed by atoms with Gasteiger partial charge in [0.2, 0.25) is 0 Å². The van der Waals surface area contributed by atoms with E-state index in [4.69, 9.17) is 4.74 Å². The molecule has 3 heterocycles. The summed E-state index contributed by atoms with van der Waals surface area (Å²) in [5.74, 6) is -0.00197. The van der Waals surface area contributed by atoms with Crippen LogP contribution in [0.4, 0.5) is 5.00 Å². The molecule has 1 amide bonds. The van der Waals surface area contributed by atoms with Gasteiger partial charge in [0.1, 0.15) is 0 Å². The number of carbonyl (C=O) groups is 1. The molecule has 7 heteroatoms. The Balaban J connectivity index is 1.44. The highest BCUT2D eigenvalue weighted by atomic mass is 32.1. The average Bonchev–Trinajstić information content (AvgIpc) is 3.39. The molecule has 29 heavy (non-hydrogen) atoms. The maximum atomic E-state index is 12.8. The lowest BCUT2D eigenvalue weighted by molar-refractivity contribution is 0.0957. The summed E-state index contributed by atoms with van der Waals surface area (Å²) in [6, 6.07) is 12.3. The van der Waals surface area contributed by atoms with E-state index < -0.39 is 0 Å². The summed E-state index contributed by atoms with van der Waals surface area (Å²) in [6.45, 7) is 3.81. The molecule has 1 saturated heterocycles. The molecule has 152 valence electrons. The van der Waals surface area contributed by atoms with Gasteiger partial charge in [-0.05, 0) is 30.0 Å². The summed E-state index contributed by atoms with van der Waals surface area (Å²) < 4.78 is 7.31. The van der Waals surface area contributed by atoms with Gasteiger partial charge >= 0.3 is 0 Å². The molecule has 1 N–H and O–H groups in total. The number of aryl methyl sites for hydroxylation is 2. The number of ether oxygens (including phenoxy) is 1. The molecule has 1 aromatic carbocycles. The van der Waals surface area contributed by atoms with Gasteiger partial charge in [0.05, 0.1) is 29.3 Å². The fourth-order valence-corrected chi connectivity index (χ4v) is 4.65. The Morgan fingerprint density at radius 1 is 1.24 bits per heavy atom. The minimum atomic E-state index is -0.00197. The van der Waals surface area contributed by atoms with Crippen LogP contribution >= 0.6 is 11.3 Å². The highest BCUT2D eigenvalue weighted by Crippen LogP contribution is 2.39. The lowest BCUT2D eigenvalue weighted by atomic mass is 10.1. The molecule has 2 aromatic heterocycles. The van der Waals surface area contributed by atoms with Gasteiger partial charge in [0.15, 0.2) is 0 Å². The molecule has 3 aromatic rings. The van der Waals surface area contributed by atoms with Crippen LogP contribution in [0.25, 0.3) is 11.1 Å². The van der Waals surface area contributed by atoms with Gasteiger partial charge in [-0.3, -0.25) is 9.48 Å². The van der Waals surface area contributed by atoms with Crippen LogP contribution in [0.2, 0.25) is 0 Å². The number of nitrogens with one attached hydrogen (secondary N) is 1. The summed E-state index contributed by atoms with van der Waals surface area (Å²) in [5.41, 5.74) is 3.46. The molecule has 0 unspecified atom stereocenters. The minimum absolute atomic E-state index is 0.00197. The predicted octanol–water partition coefficient (Wildman–Crippen LogP) is 3.35. The van der Waals surface area contributed by atoms with Gasteiger partial charge in [-0.1, -0.05) is 30.3 Å². The first-order valence-electron chi connectivity index (χ1n) is 9.98. The molecular weight excluding hydrogens is 384 g/mol. The molecule has 1 aliphatic rings. The van der Waals surface area contributed by atoms with Crippen molar-refractivity contribution in [2.45, 2.75) is 12.8 Å². The van der Waals surface area contributed by atoms with Crippen LogP contribution in [0.5, 0.6) is 0 Å². The van der Waals surface area contributed by atoms with Crippen LogP contribution in [-0.2, 0) is 18.2 Å². The van der Waals surface area contributed by atoms with Crippen molar-refractivity contribution in [3.8, 4) is 11.1 Å². The Kier molecular flexibility index (Phi) is 6.27. The number of rotatable bonds is 7. The summed E-state index contributed by atoms with van der Waals surface area (Å²) >= 11 is 1.57. The molecular formula is C22H26N4O2S. The Morgan fingerprint density at radius 3 is 2.76 bits per heavy atom. The van der Waals surface area contributed by atoms with E-state index in [1.807, 2.05) is 43.7 Å². The first-order chi connectivity index (χ1) is 14.2. The van der Waals surface area contributed by atoms with E-state index in [-0.39, 0.29) is 5.91 Å². The summed E-state index contributed by atoms with van der Waals surface area (Å²) in [6.07, 6.45) is 5.70. The van der Waals surface area contributed by atoms with Crippen LogP contribution in [0.15, 0.2) is 48.8 Å². The third-order valence-electron chi connectivity index (χ3n) is 5.01. The van der Waals surface area contributed by atoms with Gasteiger partial charge in [-0.25, -0.2) is 0 Å². The van der Waals surface area contributed by atoms with E-state index >= 15 is 0 Å². The van der Waals surface area contributed by atoms with Gasteiger partial charge in [0, 0.05) is 38.4 Å². The smallest absolute Gasteiger partial charge is 0.261 e. The van der Waals surface area contributed by atoms with Gasteiger partial charge < -0.3 is 15.0 Å². The number of aromatic nitrogens is 2. The van der Waals surface area contributed by atoms with Gasteiger partial charge in [-0.15, -0.1) is 11.3 Å². The van der Waals surface area contributed by atoms with Crippen LogP contribution in [0.3, 0.4) is 0 Å². The highest BCUT2D eigenvalue weighted by molar-refractivity contribution is 7.18. The van der Waals surface area contributed by atoms with Crippen molar-refractivity contribution in [3.63, 3.8) is 0 Å². The van der Waals surface area contributed by atoms with Crippen molar-refractivity contribution < 1.29 is 9.53 Å². The summed E-state index contributed by atoms with van der Waals surface area (Å²) in [5, 5.41) is 8.41. The van der Waals surface area contributed by atoms with Gasteiger partial charge in [-0.2, -0.15) is 5.10 Å². The number of carbonyl (C=O) groups excluding carboxylic acids is 1. The van der Waals surface area contributed by atoms with Crippen LogP contribution in [-0.4, -0.2) is 48.5 Å². The van der Waals surface area contributed by atoms with E-state index in [1.54, 1.807) is 16.0 Å². The van der Waals surface area contributed by atoms with E-state index in [1.165, 1.54) is 5.56 Å². The molecule has 1 aliphatic heterocycles. The van der Waals surface area contributed by atoms with E-state index in [0.29, 0.717) is 6.54 Å². The number of amides is 1. The fourth-order valence-electron chi connectivity index (χ4n) is 3.50. The molecule has 0 atom stereocenters. The SMILES string of the molecule is Cn1cc(CCCNC(=O)c2cc(-c3ccccc3)c(N3CCOCC3)s2)cn1. The summed E-state index contributed by atoms with van der Waals surface area (Å²) in [4.78, 5) is 15.9. The quantitative estimate of drug-likeness (QED) is 0.607. The lowest BCUT2D eigenvalue weighted by Gasteiger charge is -2.28. The maximum absolute atomic E-state index is 12.8. The van der Waals surface area contributed by atoms with Crippen molar-refractivity contribution in [2.75, 3.05) is 37.7 Å². The molecule has 0 radical (unpaired) electrons. The second-order valence-electron chi connectivity index (χ2n) is 7.18. The van der Waals surface area contributed by atoms with Crippen molar-refractivity contribution in [1.82, 2.24) is 15.1 Å². The molecule has 0 bridgehead atoms. The first-order valence-corrected chi connectivity index (χ1v) is 10.8. The normalized spacial score (nSPS) is 14.2. The number of anilines is 1. The number of hydrogen-bond donors (Lipinski definition) is 1. The van der Waals surface area contributed by atoms with Crippen LogP contribution in [0.1, 0.15) is 21.7 Å². The second-order valence-corrected chi connectivity index (χ2v) is 8.21.